The highest BCUT2D eigenvalue weighted by molar-refractivity contribution is 6.39. The van der Waals surface area contributed by atoms with Crippen molar-refractivity contribution in [3.63, 3.8) is 0 Å². The molecule has 0 radical (unpaired) electrons. The van der Waals surface area contributed by atoms with Crippen molar-refractivity contribution >= 4 is 28.2 Å². The molecule has 0 aliphatic carbocycles. The van der Waals surface area contributed by atoms with E-state index < -0.39 is 0 Å². The molecule has 1 N–H and O–H groups in total. The third-order valence-corrected chi connectivity index (χ3v) is 6.03. The van der Waals surface area contributed by atoms with Crippen molar-refractivity contribution < 1.29 is 4.79 Å². The predicted molar refractivity (Wildman–Crippen MR) is 134 cm³/mol. The summed E-state index contributed by atoms with van der Waals surface area (Å²) in [5.41, 5.74) is 2.93. The number of para-hydroxylation sites is 2. The third-order valence-electron chi connectivity index (χ3n) is 6.03. The van der Waals surface area contributed by atoms with Crippen LogP contribution < -0.4 is 10.6 Å². The zero-order chi connectivity index (χ0) is 23.5. The van der Waals surface area contributed by atoms with E-state index in [2.05, 4.69) is 22.1 Å². The molecule has 1 aliphatic heterocycles. The number of hydrogen-bond donors (Lipinski definition) is 1. The standard InChI is InChI=1S/C27H25N5O2/c1-2-31(18-25-28-22-16-10-9-15-21(22)26(33)29-25)27(34)23-17-24(19-11-5-3-6-12-19)32(30-23)20-13-7-4-8-14-20/h3-16,24H,2,17-18H2,1H3,(H,28,29,33). The fraction of sp³-hybridized carbons (Fsp3) is 0.185. The Morgan fingerprint density at radius 2 is 1.68 bits per heavy atom. The van der Waals surface area contributed by atoms with Crippen molar-refractivity contribution in [2.75, 3.05) is 11.6 Å². The van der Waals surface area contributed by atoms with Crippen LogP contribution in [0.5, 0.6) is 0 Å². The number of amides is 1. The van der Waals surface area contributed by atoms with Crippen LogP contribution in [0.3, 0.4) is 0 Å². The Balaban J connectivity index is 1.43. The normalized spacial score (nSPS) is 15.4. The van der Waals surface area contributed by atoms with Gasteiger partial charge in [0.05, 0.1) is 29.2 Å². The molecule has 7 heteroatoms. The molecular formula is C27H25N5O2. The number of carbonyl (C=O) groups excluding carboxylic acids is 1. The van der Waals surface area contributed by atoms with Crippen LogP contribution in [-0.4, -0.2) is 33.0 Å². The number of anilines is 1. The molecular weight excluding hydrogens is 426 g/mol. The van der Waals surface area contributed by atoms with Crippen molar-refractivity contribution in [1.29, 1.82) is 0 Å². The number of fused-ring (bicyclic) bond motifs is 1. The minimum absolute atomic E-state index is 0.0696. The first-order valence-corrected chi connectivity index (χ1v) is 11.4. The molecule has 0 saturated carbocycles. The molecule has 3 aromatic carbocycles. The molecule has 7 nitrogen and oxygen atoms in total. The smallest absolute Gasteiger partial charge is 0.270 e. The number of hydrogen-bond acceptors (Lipinski definition) is 5. The molecule has 1 amide bonds. The number of rotatable bonds is 6. The maximum atomic E-state index is 13.5. The summed E-state index contributed by atoms with van der Waals surface area (Å²) in [4.78, 5) is 35.0. The van der Waals surface area contributed by atoms with Gasteiger partial charge in [-0.2, -0.15) is 5.10 Å². The number of nitrogens with one attached hydrogen (secondary N) is 1. The van der Waals surface area contributed by atoms with Gasteiger partial charge < -0.3 is 9.88 Å². The van der Waals surface area contributed by atoms with Gasteiger partial charge in [0.1, 0.15) is 11.5 Å². The number of carbonyl (C=O) groups is 1. The zero-order valence-corrected chi connectivity index (χ0v) is 18.9. The van der Waals surface area contributed by atoms with Gasteiger partial charge >= 0.3 is 0 Å². The maximum Gasteiger partial charge on any atom is 0.270 e. The van der Waals surface area contributed by atoms with Gasteiger partial charge in [-0.1, -0.05) is 60.7 Å². The van der Waals surface area contributed by atoms with Crippen molar-refractivity contribution in [3.8, 4) is 0 Å². The largest absolute Gasteiger partial charge is 0.330 e. The first kappa shape index (κ1) is 21.6. The van der Waals surface area contributed by atoms with Crippen LogP contribution in [0.4, 0.5) is 5.69 Å². The van der Waals surface area contributed by atoms with Gasteiger partial charge in [0.25, 0.3) is 11.5 Å². The van der Waals surface area contributed by atoms with E-state index in [1.807, 2.05) is 66.5 Å². The second kappa shape index (κ2) is 9.31. The lowest BCUT2D eigenvalue weighted by Gasteiger charge is -2.23. The number of aromatic amines is 1. The summed E-state index contributed by atoms with van der Waals surface area (Å²) in [6.45, 7) is 2.59. The molecule has 0 spiro atoms. The summed E-state index contributed by atoms with van der Waals surface area (Å²) in [7, 11) is 0. The van der Waals surface area contributed by atoms with E-state index in [1.165, 1.54) is 0 Å². The molecule has 4 aromatic rings. The lowest BCUT2D eigenvalue weighted by Crippen LogP contribution is -2.36. The molecule has 1 unspecified atom stereocenters. The predicted octanol–water partition coefficient (Wildman–Crippen LogP) is 4.28. The van der Waals surface area contributed by atoms with Gasteiger partial charge in [-0.15, -0.1) is 0 Å². The summed E-state index contributed by atoms with van der Waals surface area (Å²) in [5.74, 6) is 0.301. The Hall–Kier alpha value is -4.26. The Labute approximate surface area is 197 Å². The van der Waals surface area contributed by atoms with Crippen LogP contribution in [0.15, 0.2) is 94.8 Å². The van der Waals surface area contributed by atoms with E-state index in [1.54, 1.807) is 23.1 Å². The van der Waals surface area contributed by atoms with Crippen molar-refractivity contribution in [1.82, 2.24) is 14.9 Å². The Kier molecular flexibility index (Phi) is 5.91. The SMILES string of the molecule is CCN(Cc1nc2ccccc2c(=O)[nH]1)C(=O)C1=NN(c2ccccc2)C(c2ccccc2)C1. The number of nitrogens with zero attached hydrogens (tertiary/aromatic N) is 4. The fourth-order valence-corrected chi connectivity index (χ4v) is 4.29. The molecule has 34 heavy (non-hydrogen) atoms. The van der Waals surface area contributed by atoms with E-state index in [4.69, 9.17) is 5.10 Å². The lowest BCUT2D eigenvalue weighted by molar-refractivity contribution is -0.124. The summed E-state index contributed by atoms with van der Waals surface area (Å²) in [5, 5.41) is 7.22. The summed E-state index contributed by atoms with van der Waals surface area (Å²) < 4.78 is 0. The molecule has 1 aliphatic rings. The Morgan fingerprint density at radius 1 is 1.00 bits per heavy atom. The van der Waals surface area contributed by atoms with Gasteiger partial charge in [-0.05, 0) is 36.8 Å². The van der Waals surface area contributed by atoms with E-state index in [0.29, 0.717) is 35.4 Å². The Morgan fingerprint density at radius 3 is 2.41 bits per heavy atom. The molecule has 2 heterocycles. The maximum absolute atomic E-state index is 13.5. The molecule has 170 valence electrons. The summed E-state index contributed by atoms with van der Waals surface area (Å²) in [6.07, 6.45) is 0.496. The quantitative estimate of drug-likeness (QED) is 0.474. The van der Waals surface area contributed by atoms with Crippen LogP contribution in [0.1, 0.15) is 30.8 Å². The topological polar surface area (TPSA) is 81.7 Å². The van der Waals surface area contributed by atoms with E-state index >= 15 is 0 Å². The number of aromatic nitrogens is 2. The van der Waals surface area contributed by atoms with Crippen LogP contribution in [0.25, 0.3) is 10.9 Å². The summed E-state index contributed by atoms with van der Waals surface area (Å²) >= 11 is 0. The third kappa shape index (κ3) is 4.20. The average Bonchev–Trinajstić information content (AvgIpc) is 3.34. The number of benzene rings is 3. The van der Waals surface area contributed by atoms with E-state index in [9.17, 15) is 9.59 Å². The number of H-pyrrole nitrogens is 1. The fourth-order valence-electron chi connectivity index (χ4n) is 4.29. The second-order valence-corrected chi connectivity index (χ2v) is 8.21. The molecule has 0 fully saturated rings. The second-order valence-electron chi connectivity index (χ2n) is 8.21. The number of hydrazone groups is 1. The van der Waals surface area contributed by atoms with Crippen LogP contribution >= 0.6 is 0 Å². The average molecular weight is 452 g/mol. The van der Waals surface area contributed by atoms with E-state index in [-0.39, 0.29) is 24.1 Å². The van der Waals surface area contributed by atoms with Gasteiger partial charge in [0, 0.05) is 13.0 Å². The monoisotopic (exact) mass is 451 g/mol. The zero-order valence-electron chi connectivity index (χ0n) is 18.9. The van der Waals surface area contributed by atoms with Crippen molar-refractivity contribution in [2.24, 2.45) is 5.10 Å². The molecule has 5 rings (SSSR count). The van der Waals surface area contributed by atoms with Gasteiger partial charge in [0.15, 0.2) is 0 Å². The van der Waals surface area contributed by atoms with Crippen LogP contribution in [0, 0.1) is 0 Å². The first-order valence-electron chi connectivity index (χ1n) is 11.4. The van der Waals surface area contributed by atoms with Crippen LogP contribution in [-0.2, 0) is 11.3 Å². The van der Waals surface area contributed by atoms with Crippen LogP contribution in [0.2, 0.25) is 0 Å². The molecule has 1 atom stereocenters. The highest BCUT2D eigenvalue weighted by atomic mass is 16.2. The van der Waals surface area contributed by atoms with Crippen molar-refractivity contribution in [3.05, 3.63) is 107 Å². The summed E-state index contributed by atoms with van der Waals surface area (Å²) in [6, 6.07) is 27.1. The first-order chi connectivity index (χ1) is 16.6. The molecule has 0 saturated heterocycles. The molecule has 0 bridgehead atoms. The Bertz CT molecular complexity index is 1400. The highest BCUT2D eigenvalue weighted by Gasteiger charge is 2.34. The van der Waals surface area contributed by atoms with Gasteiger partial charge in [0.2, 0.25) is 0 Å². The molecule has 1 aromatic heterocycles. The minimum Gasteiger partial charge on any atom is -0.330 e. The van der Waals surface area contributed by atoms with Gasteiger partial charge in [-0.25, -0.2) is 4.98 Å². The lowest BCUT2D eigenvalue weighted by atomic mass is 10.0. The van der Waals surface area contributed by atoms with E-state index in [0.717, 1.165) is 11.3 Å². The minimum atomic E-state index is -0.207. The van der Waals surface area contributed by atoms with Crippen molar-refractivity contribution in [2.45, 2.75) is 25.9 Å². The highest BCUT2D eigenvalue weighted by Crippen LogP contribution is 2.35. The van der Waals surface area contributed by atoms with Gasteiger partial charge in [-0.3, -0.25) is 14.6 Å².